The van der Waals surface area contributed by atoms with Crippen molar-refractivity contribution in [3.8, 4) is 0 Å². The Bertz CT molecular complexity index is 328. The highest BCUT2D eigenvalue weighted by Gasteiger charge is 2.22. The fraction of sp³-hybridized carbons (Fsp3) is 0.909. The first-order chi connectivity index (χ1) is 8.43. The summed E-state index contributed by atoms with van der Waals surface area (Å²) in [5, 5.41) is 8.93. The largest absolute Gasteiger partial charge is 0.480 e. The quantitative estimate of drug-likeness (QED) is 0.551. The van der Waals surface area contributed by atoms with Crippen LogP contribution in [0, 0.1) is 0 Å². The topological polar surface area (TPSA) is 92.7 Å². The summed E-state index contributed by atoms with van der Waals surface area (Å²) in [6, 6.07) is -1.02. The first-order valence-corrected chi connectivity index (χ1v) is 7.80. The van der Waals surface area contributed by atoms with Crippen LogP contribution in [0.2, 0.25) is 0 Å². The number of carbonyl (C=O) groups is 1. The number of hydrogen-bond acceptors (Lipinski definition) is 4. The van der Waals surface area contributed by atoms with E-state index in [4.69, 9.17) is 9.84 Å². The Hall–Kier alpha value is -0.660. The van der Waals surface area contributed by atoms with E-state index < -0.39 is 22.0 Å². The van der Waals surface area contributed by atoms with Crippen LogP contribution in [0.25, 0.3) is 0 Å². The summed E-state index contributed by atoms with van der Waals surface area (Å²) < 4.78 is 30.4. The molecule has 0 amide bonds. The van der Waals surface area contributed by atoms with Gasteiger partial charge in [0.25, 0.3) is 0 Å². The van der Waals surface area contributed by atoms with Gasteiger partial charge in [0.15, 0.2) is 0 Å². The van der Waals surface area contributed by atoms with E-state index in [1.54, 1.807) is 7.11 Å². The lowest BCUT2D eigenvalue weighted by atomic mass is 10.1. The van der Waals surface area contributed by atoms with Crippen molar-refractivity contribution in [2.45, 2.75) is 45.1 Å². The van der Waals surface area contributed by atoms with Crippen LogP contribution in [-0.2, 0) is 19.6 Å². The van der Waals surface area contributed by atoms with Gasteiger partial charge in [-0.1, -0.05) is 19.8 Å². The Morgan fingerprint density at radius 2 is 2.00 bits per heavy atom. The molecular weight excluding hydrogens is 258 g/mol. The molecule has 108 valence electrons. The van der Waals surface area contributed by atoms with Crippen molar-refractivity contribution >= 4 is 16.0 Å². The van der Waals surface area contributed by atoms with Gasteiger partial charge in [-0.2, -0.15) is 0 Å². The predicted molar refractivity (Wildman–Crippen MR) is 69.0 cm³/mol. The molecule has 0 bridgehead atoms. The normalized spacial score (nSPS) is 13.4. The molecule has 0 aliphatic rings. The SMILES string of the molecule is CCCC[C@H](NS(=O)(=O)CCCCOC)C(=O)O. The van der Waals surface area contributed by atoms with Crippen molar-refractivity contribution in [3.05, 3.63) is 0 Å². The fourth-order valence-corrected chi connectivity index (χ4v) is 2.81. The van der Waals surface area contributed by atoms with Crippen LogP contribution >= 0.6 is 0 Å². The number of sulfonamides is 1. The van der Waals surface area contributed by atoms with Gasteiger partial charge in [0.05, 0.1) is 5.75 Å². The average molecular weight is 281 g/mol. The van der Waals surface area contributed by atoms with Crippen LogP contribution in [0.4, 0.5) is 0 Å². The lowest BCUT2D eigenvalue weighted by Crippen LogP contribution is -2.41. The molecule has 0 aromatic heterocycles. The molecule has 0 rings (SSSR count). The van der Waals surface area contributed by atoms with Crippen LogP contribution in [0.3, 0.4) is 0 Å². The van der Waals surface area contributed by atoms with Gasteiger partial charge in [0.1, 0.15) is 6.04 Å². The second-order valence-corrected chi connectivity index (χ2v) is 6.04. The zero-order valence-corrected chi connectivity index (χ0v) is 11.8. The monoisotopic (exact) mass is 281 g/mol. The third-order valence-corrected chi connectivity index (χ3v) is 3.95. The molecule has 0 radical (unpaired) electrons. The van der Waals surface area contributed by atoms with E-state index in [0.717, 1.165) is 6.42 Å². The number of ether oxygens (including phenoxy) is 1. The predicted octanol–water partition coefficient (Wildman–Crippen LogP) is 0.976. The van der Waals surface area contributed by atoms with Crippen LogP contribution in [-0.4, -0.2) is 45.0 Å². The molecule has 0 fully saturated rings. The molecule has 0 aromatic carbocycles. The van der Waals surface area contributed by atoms with Gasteiger partial charge >= 0.3 is 5.97 Å². The standard InChI is InChI=1S/C11H23NO5S/c1-3-4-7-10(11(13)14)12-18(15,16)9-6-5-8-17-2/h10,12H,3-9H2,1-2H3,(H,13,14)/t10-/m0/s1. The first-order valence-electron chi connectivity index (χ1n) is 6.14. The molecule has 7 heteroatoms. The maximum atomic E-state index is 11.7. The van der Waals surface area contributed by atoms with E-state index >= 15 is 0 Å². The number of nitrogens with one attached hydrogen (secondary N) is 1. The molecule has 0 aromatic rings. The Morgan fingerprint density at radius 1 is 1.33 bits per heavy atom. The zero-order valence-electron chi connectivity index (χ0n) is 11.0. The summed E-state index contributed by atoms with van der Waals surface area (Å²) in [6.45, 7) is 2.44. The number of methoxy groups -OCH3 is 1. The average Bonchev–Trinajstić information content (AvgIpc) is 2.30. The Labute approximate surface area is 109 Å². The van der Waals surface area contributed by atoms with Crippen molar-refractivity contribution in [1.82, 2.24) is 4.72 Å². The van der Waals surface area contributed by atoms with Gasteiger partial charge in [0, 0.05) is 13.7 Å². The van der Waals surface area contributed by atoms with Crippen LogP contribution in [0.5, 0.6) is 0 Å². The first kappa shape index (κ1) is 17.3. The minimum absolute atomic E-state index is 0.0632. The number of aliphatic carboxylic acids is 1. The van der Waals surface area contributed by atoms with E-state index in [-0.39, 0.29) is 5.75 Å². The molecule has 0 spiro atoms. The Kier molecular flexibility index (Phi) is 8.95. The third-order valence-electron chi connectivity index (χ3n) is 2.48. The summed E-state index contributed by atoms with van der Waals surface area (Å²) in [5.74, 6) is -1.18. The zero-order chi connectivity index (χ0) is 14.0. The van der Waals surface area contributed by atoms with Crippen molar-refractivity contribution < 1.29 is 23.1 Å². The molecule has 0 heterocycles. The van der Waals surface area contributed by atoms with Gasteiger partial charge in [-0.15, -0.1) is 0 Å². The molecule has 0 saturated heterocycles. The van der Waals surface area contributed by atoms with Gasteiger partial charge in [-0.05, 0) is 19.3 Å². The number of hydrogen-bond donors (Lipinski definition) is 2. The third kappa shape index (κ3) is 8.43. The van der Waals surface area contributed by atoms with Crippen LogP contribution in [0.15, 0.2) is 0 Å². The summed E-state index contributed by atoms with van der Waals surface area (Å²) in [4.78, 5) is 10.9. The van der Waals surface area contributed by atoms with Gasteiger partial charge in [0.2, 0.25) is 10.0 Å². The molecule has 0 aliphatic carbocycles. The molecule has 0 saturated carbocycles. The highest BCUT2D eigenvalue weighted by atomic mass is 32.2. The van der Waals surface area contributed by atoms with E-state index in [9.17, 15) is 13.2 Å². The fourth-order valence-electron chi connectivity index (χ4n) is 1.46. The summed E-state index contributed by atoms with van der Waals surface area (Å²) in [5.41, 5.74) is 0. The van der Waals surface area contributed by atoms with Crippen LogP contribution in [0.1, 0.15) is 39.0 Å². The van der Waals surface area contributed by atoms with E-state index in [2.05, 4.69) is 4.72 Å². The van der Waals surface area contributed by atoms with E-state index in [0.29, 0.717) is 32.3 Å². The van der Waals surface area contributed by atoms with Crippen LogP contribution < -0.4 is 4.72 Å². The minimum atomic E-state index is -3.52. The van der Waals surface area contributed by atoms with Gasteiger partial charge in [-0.3, -0.25) is 4.79 Å². The highest BCUT2D eigenvalue weighted by molar-refractivity contribution is 7.89. The maximum Gasteiger partial charge on any atom is 0.321 e. The second kappa shape index (κ2) is 9.29. The van der Waals surface area contributed by atoms with Gasteiger partial charge < -0.3 is 9.84 Å². The van der Waals surface area contributed by atoms with E-state index in [1.807, 2.05) is 6.92 Å². The van der Waals surface area contributed by atoms with Gasteiger partial charge in [-0.25, -0.2) is 13.1 Å². The maximum absolute atomic E-state index is 11.7. The lowest BCUT2D eigenvalue weighted by Gasteiger charge is -2.14. The van der Waals surface area contributed by atoms with Crippen molar-refractivity contribution in [1.29, 1.82) is 0 Å². The summed E-state index contributed by atoms with van der Waals surface area (Å²) >= 11 is 0. The second-order valence-electron chi connectivity index (χ2n) is 4.17. The minimum Gasteiger partial charge on any atom is -0.480 e. The van der Waals surface area contributed by atoms with E-state index in [1.165, 1.54) is 0 Å². The molecule has 1 atom stereocenters. The smallest absolute Gasteiger partial charge is 0.321 e. The number of carboxylic acid groups (broad SMARTS) is 1. The lowest BCUT2D eigenvalue weighted by molar-refractivity contribution is -0.139. The van der Waals surface area contributed by atoms with Crippen molar-refractivity contribution in [2.24, 2.45) is 0 Å². The Balaban J connectivity index is 4.20. The molecule has 0 unspecified atom stereocenters. The summed E-state index contributed by atoms with van der Waals surface area (Å²) in [7, 11) is -1.97. The number of rotatable bonds is 11. The Morgan fingerprint density at radius 3 is 2.50 bits per heavy atom. The molecule has 2 N–H and O–H groups in total. The number of unbranched alkanes of at least 4 members (excludes halogenated alkanes) is 2. The highest BCUT2D eigenvalue weighted by Crippen LogP contribution is 2.04. The van der Waals surface area contributed by atoms with Crippen molar-refractivity contribution in [3.63, 3.8) is 0 Å². The van der Waals surface area contributed by atoms with Crippen molar-refractivity contribution in [2.75, 3.05) is 19.5 Å². The molecule has 18 heavy (non-hydrogen) atoms. The molecular formula is C11H23NO5S. The molecule has 0 aliphatic heterocycles. The number of carboxylic acids is 1. The molecule has 6 nitrogen and oxygen atoms in total. The summed E-state index contributed by atoms with van der Waals surface area (Å²) in [6.07, 6.45) is 2.94.